The van der Waals surface area contributed by atoms with E-state index in [1.54, 1.807) is 31.4 Å². The molecule has 0 aliphatic heterocycles. The van der Waals surface area contributed by atoms with Gasteiger partial charge in [0, 0.05) is 11.6 Å². The number of methoxy groups -OCH3 is 1. The van der Waals surface area contributed by atoms with Crippen molar-refractivity contribution in [3.05, 3.63) is 36.2 Å². The van der Waals surface area contributed by atoms with Crippen molar-refractivity contribution in [1.29, 1.82) is 0 Å². The highest BCUT2D eigenvalue weighted by Crippen LogP contribution is 2.27. The standard InChI is InChI=1S/C17H22N6O2/c1-25-13-8-6-11(7-9-13)17(24)23-22-16-14(18)15(19-10-20-16)21-12-4-2-3-5-12/h6-10,12H,2-5,18H2,1H3,(H,23,24)(H2,19,20,21,22). The van der Waals surface area contributed by atoms with Crippen molar-refractivity contribution in [2.45, 2.75) is 31.7 Å². The molecule has 5 N–H and O–H groups in total. The SMILES string of the molecule is COc1ccc(C(=O)NNc2ncnc(NC3CCCC3)c2N)cc1. The molecule has 8 heteroatoms. The number of hydrogen-bond donors (Lipinski definition) is 4. The van der Waals surface area contributed by atoms with E-state index >= 15 is 0 Å². The molecule has 0 atom stereocenters. The fourth-order valence-electron chi connectivity index (χ4n) is 2.80. The number of hydrogen-bond acceptors (Lipinski definition) is 7. The predicted molar refractivity (Wildman–Crippen MR) is 96.4 cm³/mol. The van der Waals surface area contributed by atoms with Gasteiger partial charge in [0.15, 0.2) is 11.6 Å². The van der Waals surface area contributed by atoms with Gasteiger partial charge >= 0.3 is 0 Å². The summed E-state index contributed by atoms with van der Waals surface area (Å²) in [5.41, 5.74) is 12.3. The zero-order valence-electron chi connectivity index (χ0n) is 14.1. The second-order valence-electron chi connectivity index (χ2n) is 5.92. The summed E-state index contributed by atoms with van der Waals surface area (Å²) in [6.45, 7) is 0. The van der Waals surface area contributed by atoms with Gasteiger partial charge in [-0.15, -0.1) is 0 Å². The molecule has 1 aromatic carbocycles. The molecule has 1 aromatic heterocycles. The average Bonchev–Trinajstić information content (AvgIpc) is 3.15. The number of ether oxygens (including phenoxy) is 1. The zero-order valence-corrected chi connectivity index (χ0v) is 14.1. The second kappa shape index (κ2) is 7.69. The predicted octanol–water partition coefficient (Wildman–Crippen LogP) is 2.18. The molecule has 1 aliphatic rings. The highest BCUT2D eigenvalue weighted by molar-refractivity contribution is 5.95. The maximum atomic E-state index is 12.2. The van der Waals surface area contributed by atoms with E-state index in [1.165, 1.54) is 19.2 Å². The first-order valence-corrected chi connectivity index (χ1v) is 8.25. The largest absolute Gasteiger partial charge is 0.497 e. The molecule has 1 fully saturated rings. The number of anilines is 3. The van der Waals surface area contributed by atoms with Gasteiger partial charge in [-0.05, 0) is 37.1 Å². The van der Waals surface area contributed by atoms with Crippen LogP contribution in [0.3, 0.4) is 0 Å². The van der Waals surface area contributed by atoms with E-state index in [-0.39, 0.29) is 5.91 Å². The first kappa shape index (κ1) is 16.8. The summed E-state index contributed by atoms with van der Waals surface area (Å²) in [7, 11) is 1.58. The van der Waals surface area contributed by atoms with Gasteiger partial charge in [0.25, 0.3) is 5.91 Å². The molecule has 0 saturated heterocycles. The van der Waals surface area contributed by atoms with Crippen molar-refractivity contribution in [2.24, 2.45) is 0 Å². The Hall–Kier alpha value is -3.03. The Kier molecular flexibility index (Phi) is 5.17. The summed E-state index contributed by atoms with van der Waals surface area (Å²) in [5, 5.41) is 3.34. The van der Waals surface area contributed by atoms with Crippen LogP contribution in [0, 0.1) is 0 Å². The Labute approximate surface area is 146 Å². The van der Waals surface area contributed by atoms with Gasteiger partial charge in [-0.2, -0.15) is 0 Å². The molecule has 0 spiro atoms. The number of nitrogens with zero attached hydrogens (tertiary/aromatic N) is 2. The van der Waals surface area contributed by atoms with Crippen molar-refractivity contribution < 1.29 is 9.53 Å². The Balaban J connectivity index is 1.62. The normalized spacial score (nSPS) is 14.1. The van der Waals surface area contributed by atoms with Gasteiger partial charge in [-0.1, -0.05) is 12.8 Å². The third-order valence-corrected chi connectivity index (χ3v) is 4.23. The zero-order chi connectivity index (χ0) is 17.6. The van der Waals surface area contributed by atoms with Crippen molar-refractivity contribution >= 4 is 23.2 Å². The monoisotopic (exact) mass is 342 g/mol. The quantitative estimate of drug-likeness (QED) is 0.595. The van der Waals surface area contributed by atoms with Crippen LogP contribution in [0.25, 0.3) is 0 Å². The van der Waals surface area contributed by atoms with Crippen molar-refractivity contribution in [1.82, 2.24) is 15.4 Å². The molecular formula is C17H22N6O2. The Morgan fingerprint density at radius 1 is 1.16 bits per heavy atom. The number of amides is 1. The van der Waals surface area contributed by atoms with E-state index in [9.17, 15) is 4.79 Å². The highest BCUT2D eigenvalue weighted by Gasteiger charge is 2.17. The molecule has 132 valence electrons. The lowest BCUT2D eigenvalue weighted by Gasteiger charge is -2.16. The number of nitrogens with two attached hydrogens (primary N) is 1. The number of aromatic nitrogens is 2. The van der Waals surface area contributed by atoms with E-state index in [4.69, 9.17) is 10.5 Å². The Morgan fingerprint density at radius 3 is 2.52 bits per heavy atom. The highest BCUT2D eigenvalue weighted by atomic mass is 16.5. The van der Waals surface area contributed by atoms with Crippen LogP contribution in [0.4, 0.5) is 17.3 Å². The third kappa shape index (κ3) is 4.09. The van der Waals surface area contributed by atoms with Gasteiger partial charge < -0.3 is 15.8 Å². The Bertz CT molecular complexity index is 728. The molecule has 1 saturated carbocycles. The van der Waals surface area contributed by atoms with Crippen LogP contribution >= 0.6 is 0 Å². The molecule has 0 radical (unpaired) electrons. The molecule has 2 aromatic rings. The van der Waals surface area contributed by atoms with E-state index in [0.29, 0.717) is 34.7 Å². The minimum Gasteiger partial charge on any atom is -0.497 e. The van der Waals surface area contributed by atoms with Gasteiger partial charge in [0.05, 0.1) is 7.11 Å². The molecule has 3 rings (SSSR count). The smallest absolute Gasteiger partial charge is 0.269 e. The van der Waals surface area contributed by atoms with E-state index in [2.05, 4.69) is 26.1 Å². The molecule has 1 amide bonds. The lowest BCUT2D eigenvalue weighted by atomic mass is 10.2. The summed E-state index contributed by atoms with van der Waals surface area (Å²) < 4.78 is 5.07. The number of rotatable bonds is 6. The minimum atomic E-state index is -0.300. The van der Waals surface area contributed by atoms with Crippen molar-refractivity contribution in [3.8, 4) is 5.75 Å². The lowest BCUT2D eigenvalue weighted by molar-refractivity contribution is 0.0962. The van der Waals surface area contributed by atoms with Crippen LogP contribution in [0.1, 0.15) is 36.0 Å². The number of hydrazine groups is 1. The Morgan fingerprint density at radius 2 is 1.84 bits per heavy atom. The van der Waals surface area contributed by atoms with Crippen LogP contribution in [0.5, 0.6) is 5.75 Å². The molecule has 0 bridgehead atoms. The summed E-state index contributed by atoms with van der Waals surface area (Å²) in [6, 6.07) is 7.17. The van der Waals surface area contributed by atoms with E-state index in [1.807, 2.05) is 0 Å². The number of nitrogen functional groups attached to an aromatic ring is 1. The van der Waals surface area contributed by atoms with Crippen molar-refractivity contribution in [3.63, 3.8) is 0 Å². The summed E-state index contributed by atoms with van der Waals surface area (Å²) in [5.74, 6) is 1.33. The molecule has 0 unspecified atom stereocenters. The maximum Gasteiger partial charge on any atom is 0.269 e. The fraction of sp³-hybridized carbons (Fsp3) is 0.353. The van der Waals surface area contributed by atoms with Gasteiger partial charge in [0.2, 0.25) is 0 Å². The molecule has 1 aliphatic carbocycles. The first-order valence-electron chi connectivity index (χ1n) is 8.25. The topological polar surface area (TPSA) is 114 Å². The summed E-state index contributed by atoms with van der Waals surface area (Å²) in [6.07, 6.45) is 6.06. The summed E-state index contributed by atoms with van der Waals surface area (Å²) in [4.78, 5) is 20.5. The molecule has 8 nitrogen and oxygen atoms in total. The third-order valence-electron chi connectivity index (χ3n) is 4.23. The number of carbonyl (C=O) groups excluding carboxylic acids is 1. The average molecular weight is 342 g/mol. The molecule has 1 heterocycles. The minimum absolute atomic E-state index is 0.300. The summed E-state index contributed by atoms with van der Waals surface area (Å²) >= 11 is 0. The van der Waals surface area contributed by atoms with Crippen molar-refractivity contribution in [2.75, 3.05) is 23.6 Å². The van der Waals surface area contributed by atoms with Crippen LogP contribution in [0.15, 0.2) is 30.6 Å². The van der Waals surface area contributed by atoms with Crippen LogP contribution in [0.2, 0.25) is 0 Å². The number of benzene rings is 1. The van der Waals surface area contributed by atoms with Gasteiger partial charge in [-0.3, -0.25) is 15.6 Å². The number of carbonyl (C=O) groups is 1. The van der Waals surface area contributed by atoms with E-state index in [0.717, 1.165) is 12.8 Å². The number of nitrogens with one attached hydrogen (secondary N) is 3. The first-order chi connectivity index (χ1) is 12.2. The van der Waals surface area contributed by atoms with E-state index < -0.39 is 0 Å². The van der Waals surface area contributed by atoms with Crippen LogP contribution in [-0.2, 0) is 0 Å². The van der Waals surface area contributed by atoms with Gasteiger partial charge in [0.1, 0.15) is 17.8 Å². The molecule has 25 heavy (non-hydrogen) atoms. The van der Waals surface area contributed by atoms with Crippen LogP contribution in [-0.4, -0.2) is 29.0 Å². The second-order valence-corrected chi connectivity index (χ2v) is 5.92. The molecular weight excluding hydrogens is 320 g/mol. The maximum absolute atomic E-state index is 12.2. The fourth-order valence-corrected chi connectivity index (χ4v) is 2.80. The lowest BCUT2D eigenvalue weighted by Crippen LogP contribution is -2.30. The van der Waals surface area contributed by atoms with Gasteiger partial charge in [-0.25, -0.2) is 9.97 Å². The van der Waals surface area contributed by atoms with Crippen LogP contribution < -0.4 is 26.6 Å².